The first kappa shape index (κ1) is 35.6. The number of hydrogen-bond acceptors (Lipinski definition) is 4. The van der Waals surface area contributed by atoms with Gasteiger partial charge in [0.05, 0.1) is 24.4 Å². The van der Waals surface area contributed by atoms with E-state index in [2.05, 4.69) is 129 Å². The molecule has 0 radical (unpaired) electrons. The maximum Gasteiger partial charge on any atom is 0.307 e. The number of rotatable bonds is 12. The predicted molar refractivity (Wildman–Crippen MR) is 186 cm³/mol. The molecule has 0 saturated carbocycles. The Labute approximate surface area is 268 Å². The first-order chi connectivity index (χ1) is 20.3. The van der Waals surface area contributed by atoms with Crippen molar-refractivity contribution in [2.75, 3.05) is 0 Å². The van der Waals surface area contributed by atoms with E-state index in [0.29, 0.717) is 11.3 Å². The third-order valence-corrected chi connectivity index (χ3v) is 14.6. The average Bonchev–Trinajstić information content (AvgIpc) is 2.91. The Morgan fingerprint density at radius 3 is 2.00 bits per heavy atom. The molecule has 1 unspecified atom stereocenters. The van der Waals surface area contributed by atoms with E-state index in [1.807, 2.05) is 6.07 Å². The maximum absolute atomic E-state index is 11.2. The molecule has 0 spiro atoms. The van der Waals surface area contributed by atoms with E-state index in [1.54, 1.807) is 0 Å². The van der Waals surface area contributed by atoms with Gasteiger partial charge in [0, 0.05) is 11.0 Å². The van der Waals surface area contributed by atoms with Crippen LogP contribution in [0.25, 0.3) is 11.3 Å². The van der Waals surface area contributed by atoms with Crippen molar-refractivity contribution in [2.45, 2.75) is 131 Å². The van der Waals surface area contributed by atoms with Crippen molar-refractivity contribution in [3.8, 4) is 11.3 Å². The van der Waals surface area contributed by atoms with Gasteiger partial charge in [0.2, 0.25) is 0 Å². The highest BCUT2D eigenvalue weighted by atomic mass is 28.4. The van der Waals surface area contributed by atoms with Gasteiger partial charge in [-0.15, -0.1) is 0 Å². The normalized spacial score (nSPS) is 13.6. The second-order valence-corrected chi connectivity index (χ2v) is 20.0. The second kappa shape index (κ2) is 13.7. The van der Waals surface area contributed by atoms with Crippen molar-refractivity contribution in [1.82, 2.24) is 10.2 Å². The van der Waals surface area contributed by atoms with Crippen molar-refractivity contribution >= 4 is 14.3 Å². The molecule has 3 rings (SSSR count). The highest BCUT2D eigenvalue weighted by Gasteiger charge is 2.41. The van der Waals surface area contributed by atoms with Gasteiger partial charge < -0.3 is 9.53 Å². The minimum absolute atomic E-state index is 0.0652. The molecule has 240 valence electrons. The Morgan fingerprint density at radius 2 is 1.50 bits per heavy atom. The lowest BCUT2D eigenvalue weighted by Gasteiger charge is -2.43. The van der Waals surface area contributed by atoms with Gasteiger partial charge >= 0.3 is 5.97 Å². The van der Waals surface area contributed by atoms with Crippen LogP contribution in [0.4, 0.5) is 0 Å². The van der Waals surface area contributed by atoms with Crippen LogP contribution in [0, 0.1) is 19.3 Å². The fourth-order valence-corrected chi connectivity index (χ4v) is 7.59. The number of nitrogens with zero attached hydrogens (tertiary/aromatic N) is 2. The van der Waals surface area contributed by atoms with Crippen LogP contribution in [-0.4, -0.2) is 35.7 Å². The monoisotopic (exact) mass is 616 g/mol. The Kier molecular flexibility index (Phi) is 11.1. The number of aliphatic carboxylic acids is 1. The first-order valence-electron chi connectivity index (χ1n) is 16.3. The van der Waals surface area contributed by atoms with Crippen molar-refractivity contribution in [3.63, 3.8) is 0 Å². The Bertz CT molecular complexity index is 1450. The molecule has 1 atom stereocenters. The van der Waals surface area contributed by atoms with E-state index in [4.69, 9.17) is 4.43 Å². The summed E-state index contributed by atoms with van der Waals surface area (Å²) >= 11 is 0. The van der Waals surface area contributed by atoms with E-state index in [9.17, 15) is 9.90 Å². The summed E-state index contributed by atoms with van der Waals surface area (Å²) in [6.07, 6.45) is 5.66. The highest BCUT2D eigenvalue weighted by molar-refractivity contribution is 6.74. The SMILES string of the molecule is CCC(CC)(c1ccc(CCC(O[Si](C)(C)C(C)(C)C)C(C)(C)C)c(C)c1)c1ccc(-c2cc(CC(=O)O)cnn2)c(C)c1. The lowest BCUT2D eigenvalue weighted by molar-refractivity contribution is -0.136. The molecule has 44 heavy (non-hydrogen) atoms. The molecule has 5 nitrogen and oxygen atoms in total. The standard InChI is InChI=1S/C38H56N2O3Si/c1-13-38(14-2,31-18-19-32(27(4)22-31)33-23-28(24-35(41)42)25-39-40-33)30-17-15-29(26(3)21-30)16-20-34(36(5,6)7)43-44(11,12)37(8,9)10/h15,17-19,21-23,25,34H,13-14,16,20,24H2,1-12H3,(H,41,42). The summed E-state index contributed by atoms with van der Waals surface area (Å²) in [4.78, 5) is 11.2. The van der Waals surface area contributed by atoms with Gasteiger partial charge in [-0.3, -0.25) is 4.79 Å². The van der Waals surface area contributed by atoms with Crippen LogP contribution in [0.1, 0.15) is 108 Å². The molecular weight excluding hydrogens is 561 g/mol. The summed E-state index contributed by atoms with van der Waals surface area (Å²) in [5.74, 6) is -0.874. The number of benzene rings is 2. The Morgan fingerprint density at radius 1 is 0.909 bits per heavy atom. The van der Waals surface area contributed by atoms with Gasteiger partial charge in [-0.25, -0.2) is 0 Å². The molecule has 0 amide bonds. The molecule has 0 aliphatic rings. The fourth-order valence-electron chi connectivity index (χ4n) is 6.05. The van der Waals surface area contributed by atoms with Crippen LogP contribution in [0.3, 0.4) is 0 Å². The van der Waals surface area contributed by atoms with Gasteiger partial charge in [-0.2, -0.15) is 10.2 Å². The summed E-state index contributed by atoms with van der Waals surface area (Å²) < 4.78 is 6.98. The van der Waals surface area contributed by atoms with Crippen molar-refractivity contribution in [1.29, 1.82) is 0 Å². The summed E-state index contributed by atoms with van der Waals surface area (Å²) in [7, 11) is -1.88. The lowest BCUT2D eigenvalue weighted by Crippen LogP contribution is -2.47. The zero-order valence-electron chi connectivity index (χ0n) is 29.4. The van der Waals surface area contributed by atoms with Gasteiger partial charge in [0.1, 0.15) is 0 Å². The van der Waals surface area contributed by atoms with E-state index in [0.717, 1.165) is 36.8 Å². The minimum atomic E-state index is -1.88. The van der Waals surface area contributed by atoms with Crippen LogP contribution in [0.5, 0.6) is 0 Å². The first-order valence-corrected chi connectivity index (χ1v) is 19.2. The number of aryl methyl sites for hydroxylation is 3. The van der Waals surface area contributed by atoms with Crippen LogP contribution in [0.2, 0.25) is 18.1 Å². The molecule has 0 aliphatic carbocycles. The summed E-state index contributed by atoms with van der Waals surface area (Å²) in [6.45, 7) is 27.5. The van der Waals surface area contributed by atoms with E-state index >= 15 is 0 Å². The molecule has 0 bridgehead atoms. The molecular formula is C38H56N2O3Si. The highest BCUT2D eigenvalue weighted by Crippen LogP contribution is 2.42. The summed E-state index contributed by atoms with van der Waals surface area (Å²) in [6, 6.07) is 15.6. The quantitative estimate of drug-likeness (QED) is 0.205. The van der Waals surface area contributed by atoms with Gasteiger partial charge in [-0.05, 0) is 103 Å². The van der Waals surface area contributed by atoms with E-state index in [-0.39, 0.29) is 28.4 Å². The third-order valence-electron chi connectivity index (χ3n) is 10.1. The Balaban J connectivity index is 1.90. The fraction of sp³-hybridized carbons (Fsp3) is 0.553. The minimum Gasteiger partial charge on any atom is -0.481 e. The number of carbonyl (C=O) groups is 1. The molecule has 6 heteroatoms. The molecule has 3 aromatic rings. The number of carboxylic acid groups (broad SMARTS) is 1. The third kappa shape index (κ3) is 8.05. The second-order valence-electron chi connectivity index (χ2n) is 15.3. The molecule has 0 saturated heterocycles. The lowest BCUT2D eigenvalue weighted by atomic mass is 9.69. The van der Waals surface area contributed by atoms with Crippen LogP contribution < -0.4 is 0 Å². The van der Waals surface area contributed by atoms with Gasteiger partial charge in [0.15, 0.2) is 8.32 Å². The zero-order chi connectivity index (χ0) is 33.1. The molecule has 0 fully saturated rings. The van der Waals surface area contributed by atoms with Crippen molar-refractivity contribution in [3.05, 3.63) is 82.0 Å². The topological polar surface area (TPSA) is 72.3 Å². The zero-order valence-corrected chi connectivity index (χ0v) is 30.4. The average molecular weight is 617 g/mol. The molecule has 1 aromatic heterocycles. The number of hydrogen-bond donors (Lipinski definition) is 1. The van der Waals surface area contributed by atoms with Crippen molar-refractivity contribution < 1.29 is 14.3 Å². The van der Waals surface area contributed by atoms with E-state index < -0.39 is 14.3 Å². The molecule has 1 heterocycles. The summed E-state index contributed by atoms with van der Waals surface area (Å²) in [5, 5.41) is 17.8. The molecule has 0 aliphatic heterocycles. The van der Waals surface area contributed by atoms with Crippen LogP contribution >= 0.6 is 0 Å². The van der Waals surface area contributed by atoms with Gasteiger partial charge in [0.25, 0.3) is 0 Å². The van der Waals surface area contributed by atoms with Crippen LogP contribution in [-0.2, 0) is 27.5 Å². The largest absolute Gasteiger partial charge is 0.481 e. The van der Waals surface area contributed by atoms with Gasteiger partial charge in [-0.1, -0.05) is 91.8 Å². The van der Waals surface area contributed by atoms with Crippen LogP contribution in [0.15, 0.2) is 48.7 Å². The maximum atomic E-state index is 11.2. The number of aromatic nitrogens is 2. The van der Waals surface area contributed by atoms with Crippen molar-refractivity contribution in [2.24, 2.45) is 5.41 Å². The predicted octanol–water partition coefficient (Wildman–Crippen LogP) is 9.86. The molecule has 1 N–H and O–H groups in total. The Hall–Kier alpha value is -2.83. The van der Waals surface area contributed by atoms with E-state index in [1.165, 1.54) is 28.5 Å². The molecule has 2 aromatic carbocycles. The smallest absolute Gasteiger partial charge is 0.307 e. The summed E-state index contributed by atoms with van der Waals surface area (Å²) in [5.41, 5.74) is 8.80. The number of carboxylic acids is 1.